The standard InChI is InChI=1S/C9H19NO.ClH/c1-2-3-4-7-11-9-5-6-10-8-9;/h9-10H,2-8H2,1H3;1H. The van der Waals surface area contributed by atoms with Crippen LogP contribution in [0.5, 0.6) is 0 Å². The molecule has 0 aromatic carbocycles. The second-order valence-electron chi connectivity index (χ2n) is 3.19. The Morgan fingerprint density at radius 3 is 2.83 bits per heavy atom. The normalized spacial score (nSPS) is 22.2. The lowest BCUT2D eigenvalue weighted by Crippen LogP contribution is -2.17. The van der Waals surface area contributed by atoms with Gasteiger partial charge in [-0.15, -0.1) is 12.4 Å². The van der Waals surface area contributed by atoms with Crippen molar-refractivity contribution in [2.45, 2.75) is 38.7 Å². The molecule has 1 aliphatic heterocycles. The van der Waals surface area contributed by atoms with Crippen molar-refractivity contribution in [2.75, 3.05) is 19.7 Å². The summed E-state index contributed by atoms with van der Waals surface area (Å²) in [5.41, 5.74) is 0. The Balaban J connectivity index is 0.00000121. The first-order valence-corrected chi connectivity index (χ1v) is 4.76. The summed E-state index contributed by atoms with van der Waals surface area (Å²) >= 11 is 0. The molecule has 1 atom stereocenters. The third-order valence-electron chi connectivity index (χ3n) is 2.12. The van der Waals surface area contributed by atoms with E-state index in [0.717, 1.165) is 19.7 Å². The van der Waals surface area contributed by atoms with E-state index in [1.165, 1.54) is 25.7 Å². The highest BCUT2D eigenvalue weighted by Crippen LogP contribution is 2.04. The minimum absolute atomic E-state index is 0. The van der Waals surface area contributed by atoms with Gasteiger partial charge >= 0.3 is 0 Å². The van der Waals surface area contributed by atoms with E-state index in [1.807, 2.05) is 0 Å². The summed E-state index contributed by atoms with van der Waals surface area (Å²) in [6, 6.07) is 0. The number of hydrogen-bond donors (Lipinski definition) is 1. The van der Waals surface area contributed by atoms with Gasteiger partial charge in [-0.25, -0.2) is 0 Å². The molecular formula is C9H20ClNO. The molecule has 0 saturated carbocycles. The van der Waals surface area contributed by atoms with Gasteiger partial charge in [0.1, 0.15) is 0 Å². The molecule has 0 amide bonds. The zero-order valence-electron chi connectivity index (χ0n) is 7.84. The van der Waals surface area contributed by atoms with Crippen LogP contribution in [0.4, 0.5) is 0 Å². The molecule has 0 bridgehead atoms. The van der Waals surface area contributed by atoms with Crippen LogP contribution in [0.3, 0.4) is 0 Å². The summed E-state index contributed by atoms with van der Waals surface area (Å²) < 4.78 is 5.64. The van der Waals surface area contributed by atoms with E-state index < -0.39 is 0 Å². The van der Waals surface area contributed by atoms with Gasteiger partial charge in [0.2, 0.25) is 0 Å². The van der Waals surface area contributed by atoms with Gasteiger partial charge in [-0.05, 0) is 19.4 Å². The van der Waals surface area contributed by atoms with Crippen molar-refractivity contribution in [3.05, 3.63) is 0 Å². The average Bonchev–Trinajstić information content (AvgIpc) is 2.50. The molecular weight excluding hydrogens is 174 g/mol. The molecule has 74 valence electrons. The van der Waals surface area contributed by atoms with E-state index in [2.05, 4.69) is 12.2 Å². The van der Waals surface area contributed by atoms with E-state index in [9.17, 15) is 0 Å². The smallest absolute Gasteiger partial charge is 0.0711 e. The summed E-state index contributed by atoms with van der Waals surface area (Å²) in [5.74, 6) is 0. The third-order valence-corrected chi connectivity index (χ3v) is 2.12. The second kappa shape index (κ2) is 7.84. The lowest BCUT2D eigenvalue weighted by molar-refractivity contribution is 0.0644. The van der Waals surface area contributed by atoms with Gasteiger partial charge in [0.15, 0.2) is 0 Å². The summed E-state index contributed by atoms with van der Waals surface area (Å²) in [6.07, 6.45) is 5.53. The molecule has 3 heteroatoms. The molecule has 1 heterocycles. The Bertz CT molecular complexity index is 94.5. The van der Waals surface area contributed by atoms with Crippen molar-refractivity contribution in [2.24, 2.45) is 0 Å². The maximum absolute atomic E-state index is 5.64. The summed E-state index contributed by atoms with van der Waals surface area (Å²) in [4.78, 5) is 0. The summed E-state index contributed by atoms with van der Waals surface area (Å²) in [7, 11) is 0. The quantitative estimate of drug-likeness (QED) is 0.675. The van der Waals surface area contributed by atoms with E-state index in [1.54, 1.807) is 0 Å². The molecule has 1 rings (SSSR count). The molecule has 0 spiro atoms. The van der Waals surface area contributed by atoms with Gasteiger partial charge in [0.05, 0.1) is 6.10 Å². The zero-order chi connectivity index (χ0) is 7.94. The van der Waals surface area contributed by atoms with Crippen LogP contribution in [-0.4, -0.2) is 25.8 Å². The van der Waals surface area contributed by atoms with Crippen molar-refractivity contribution in [1.82, 2.24) is 5.32 Å². The number of unbranched alkanes of at least 4 members (excludes halogenated alkanes) is 2. The highest BCUT2D eigenvalue weighted by atomic mass is 35.5. The van der Waals surface area contributed by atoms with Crippen molar-refractivity contribution in [1.29, 1.82) is 0 Å². The minimum Gasteiger partial charge on any atom is -0.377 e. The molecule has 0 aromatic rings. The average molecular weight is 194 g/mol. The third kappa shape index (κ3) is 4.96. The lowest BCUT2D eigenvalue weighted by Gasteiger charge is -2.09. The molecule has 0 aromatic heterocycles. The fourth-order valence-corrected chi connectivity index (χ4v) is 1.37. The van der Waals surface area contributed by atoms with Gasteiger partial charge in [-0.2, -0.15) is 0 Å². The molecule has 1 fully saturated rings. The van der Waals surface area contributed by atoms with Gasteiger partial charge in [-0.1, -0.05) is 19.8 Å². The van der Waals surface area contributed by atoms with Crippen LogP contribution in [0, 0.1) is 0 Å². The van der Waals surface area contributed by atoms with E-state index in [0.29, 0.717) is 6.10 Å². The minimum atomic E-state index is 0. The largest absolute Gasteiger partial charge is 0.377 e. The lowest BCUT2D eigenvalue weighted by atomic mass is 10.2. The molecule has 1 saturated heterocycles. The van der Waals surface area contributed by atoms with Crippen LogP contribution in [0.15, 0.2) is 0 Å². The number of rotatable bonds is 5. The predicted molar refractivity (Wildman–Crippen MR) is 54.0 cm³/mol. The molecule has 12 heavy (non-hydrogen) atoms. The highest BCUT2D eigenvalue weighted by Gasteiger charge is 2.13. The van der Waals surface area contributed by atoms with E-state index in [-0.39, 0.29) is 12.4 Å². The molecule has 2 nitrogen and oxygen atoms in total. The first-order chi connectivity index (χ1) is 5.43. The fraction of sp³-hybridized carbons (Fsp3) is 1.00. The SMILES string of the molecule is CCCCCOC1CCNC1.Cl. The predicted octanol–water partition coefficient (Wildman–Crippen LogP) is 1.98. The van der Waals surface area contributed by atoms with Gasteiger partial charge in [0.25, 0.3) is 0 Å². The highest BCUT2D eigenvalue weighted by molar-refractivity contribution is 5.85. The topological polar surface area (TPSA) is 21.3 Å². The fourth-order valence-electron chi connectivity index (χ4n) is 1.37. The van der Waals surface area contributed by atoms with Crippen LogP contribution in [-0.2, 0) is 4.74 Å². The van der Waals surface area contributed by atoms with Crippen LogP contribution in [0.1, 0.15) is 32.6 Å². The Morgan fingerprint density at radius 1 is 1.42 bits per heavy atom. The molecule has 1 aliphatic rings. The first-order valence-electron chi connectivity index (χ1n) is 4.76. The summed E-state index contributed by atoms with van der Waals surface area (Å²) in [5, 5.41) is 3.29. The molecule has 0 aliphatic carbocycles. The van der Waals surface area contributed by atoms with Crippen LogP contribution in [0.2, 0.25) is 0 Å². The van der Waals surface area contributed by atoms with Gasteiger partial charge in [-0.3, -0.25) is 0 Å². The van der Waals surface area contributed by atoms with E-state index in [4.69, 9.17) is 4.74 Å². The molecule has 1 unspecified atom stereocenters. The summed E-state index contributed by atoms with van der Waals surface area (Å²) in [6.45, 7) is 5.38. The number of nitrogens with one attached hydrogen (secondary N) is 1. The van der Waals surface area contributed by atoms with Crippen molar-refractivity contribution < 1.29 is 4.74 Å². The Labute approximate surface area is 81.5 Å². The number of ether oxygens (including phenoxy) is 1. The van der Waals surface area contributed by atoms with Crippen molar-refractivity contribution in [3.8, 4) is 0 Å². The molecule has 1 N–H and O–H groups in total. The molecule has 0 radical (unpaired) electrons. The zero-order valence-corrected chi connectivity index (χ0v) is 8.66. The Hall–Kier alpha value is 0.210. The Morgan fingerprint density at radius 2 is 2.25 bits per heavy atom. The van der Waals surface area contributed by atoms with Crippen molar-refractivity contribution >= 4 is 12.4 Å². The number of hydrogen-bond acceptors (Lipinski definition) is 2. The maximum atomic E-state index is 5.64. The van der Waals surface area contributed by atoms with Crippen LogP contribution < -0.4 is 5.32 Å². The van der Waals surface area contributed by atoms with Gasteiger partial charge in [0, 0.05) is 13.2 Å². The maximum Gasteiger partial charge on any atom is 0.0711 e. The van der Waals surface area contributed by atoms with Crippen molar-refractivity contribution in [3.63, 3.8) is 0 Å². The monoisotopic (exact) mass is 193 g/mol. The van der Waals surface area contributed by atoms with Crippen LogP contribution >= 0.6 is 12.4 Å². The van der Waals surface area contributed by atoms with Gasteiger partial charge < -0.3 is 10.1 Å². The van der Waals surface area contributed by atoms with E-state index >= 15 is 0 Å². The Kier molecular flexibility index (Phi) is 7.98. The first kappa shape index (κ1) is 12.2. The van der Waals surface area contributed by atoms with Crippen LogP contribution in [0.25, 0.3) is 0 Å². The second-order valence-corrected chi connectivity index (χ2v) is 3.19. The number of halogens is 1.